The summed E-state index contributed by atoms with van der Waals surface area (Å²) in [5.41, 5.74) is 0. The van der Waals surface area contributed by atoms with E-state index in [1.54, 1.807) is 0 Å². The van der Waals surface area contributed by atoms with Gasteiger partial charge in [-0.15, -0.1) is 0 Å². The lowest BCUT2D eigenvalue weighted by Crippen LogP contribution is -2.31. The highest BCUT2D eigenvalue weighted by molar-refractivity contribution is 7.89. The maximum Gasteiger partial charge on any atom is 0.210 e. The fourth-order valence-electron chi connectivity index (χ4n) is 0.780. The molecule has 0 aliphatic rings. The molecular weight excluding hydrogens is 188 g/mol. The van der Waals surface area contributed by atoms with Crippen LogP contribution in [0.25, 0.3) is 0 Å². The molecule has 13 heavy (non-hydrogen) atoms. The molecule has 0 amide bonds. The Morgan fingerprint density at radius 2 is 1.85 bits per heavy atom. The molecule has 0 aromatic rings. The molecule has 4 nitrogen and oxygen atoms in total. The van der Waals surface area contributed by atoms with Crippen LogP contribution in [0.3, 0.4) is 0 Å². The number of nitrogens with two attached hydrogens (primary N) is 1. The maximum atomic E-state index is 10.5. The first kappa shape index (κ1) is 12.9. The highest BCUT2D eigenvalue weighted by atomic mass is 32.2. The van der Waals surface area contributed by atoms with Gasteiger partial charge in [0.15, 0.2) is 0 Å². The van der Waals surface area contributed by atoms with Crippen molar-refractivity contribution in [2.45, 2.75) is 20.8 Å². The molecule has 5 heteroatoms. The Morgan fingerprint density at radius 1 is 1.31 bits per heavy atom. The molecule has 1 unspecified atom stereocenters. The van der Waals surface area contributed by atoms with Crippen LogP contribution in [0.15, 0.2) is 0 Å². The van der Waals surface area contributed by atoms with E-state index < -0.39 is 10.0 Å². The highest BCUT2D eigenvalue weighted by Gasteiger charge is 2.07. The second-order valence-electron chi connectivity index (χ2n) is 3.79. The molecule has 0 aliphatic carbocycles. The van der Waals surface area contributed by atoms with E-state index in [4.69, 9.17) is 5.14 Å². The normalized spacial score (nSPS) is 14.8. The minimum absolute atomic E-state index is 0.0117. The summed E-state index contributed by atoms with van der Waals surface area (Å²) >= 11 is 0. The summed E-state index contributed by atoms with van der Waals surface area (Å²) in [6, 6.07) is 0. The molecule has 0 radical (unpaired) electrons. The van der Waals surface area contributed by atoms with Crippen molar-refractivity contribution < 1.29 is 8.42 Å². The molecule has 0 saturated heterocycles. The van der Waals surface area contributed by atoms with Gasteiger partial charge in [0.05, 0.1) is 5.75 Å². The summed E-state index contributed by atoms with van der Waals surface area (Å²) in [7, 11) is -3.30. The van der Waals surface area contributed by atoms with Gasteiger partial charge >= 0.3 is 0 Å². The lowest BCUT2D eigenvalue weighted by molar-refractivity contribution is 0.397. The van der Waals surface area contributed by atoms with E-state index in [0.29, 0.717) is 18.4 Å². The van der Waals surface area contributed by atoms with Crippen LogP contribution in [0.5, 0.6) is 0 Å². The SMILES string of the molecule is CC(C)C(C)CNCCS(N)(=O)=O. The molecule has 0 aromatic carbocycles. The zero-order valence-corrected chi connectivity index (χ0v) is 9.39. The van der Waals surface area contributed by atoms with Crippen LogP contribution in [0.1, 0.15) is 20.8 Å². The van der Waals surface area contributed by atoms with Crippen molar-refractivity contribution in [2.24, 2.45) is 17.0 Å². The van der Waals surface area contributed by atoms with E-state index in [-0.39, 0.29) is 5.75 Å². The second-order valence-corrected chi connectivity index (χ2v) is 5.53. The van der Waals surface area contributed by atoms with Crippen LogP contribution in [0.4, 0.5) is 0 Å². The quantitative estimate of drug-likeness (QED) is 0.611. The molecular formula is C8H20N2O2S. The molecule has 80 valence electrons. The van der Waals surface area contributed by atoms with Gasteiger partial charge in [-0.3, -0.25) is 0 Å². The van der Waals surface area contributed by atoms with Crippen molar-refractivity contribution in [1.29, 1.82) is 0 Å². The number of hydrogen-bond donors (Lipinski definition) is 2. The maximum absolute atomic E-state index is 10.5. The van der Waals surface area contributed by atoms with Gasteiger partial charge < -0.3 is 5.32 Å². The zero-order chi connectivity index (χ0) is 10.5. The zero-order valence-electron chi connectivity index (χ0n) is 8.58. The van der Waals surface area contributed by atoms with Gasteiger partial charge in [-0.25, -0.2) is 13.6 Å². The highest BCUT2D eigenvalue weighted by Crippen LogP contribution is 2.06. The van der Waals surface area contributed by atoms with E-state index in [2.05, 4.69) is 26.1 Å². The van der Waals surface area contributed by atoms with Gasteiger partial charge in [-0.2, -0.15) is 0 Å². The topological polar surface area (TPSA) is 72.2 Å². The van der Waals surface area contributed by atoms with Crippen molar-refractivity contribution in [3.05, 3.63) is 0 Å². The van der Waals surface area contributed by atoms with Crippen LogP contribution in [0, 0.1) is 11.8 Å². The van der Waals surface area contributed by atoms with Crippen LogP contribution >= 0.6 is 0 Å². The summed E-state index contributed by atoms with van der Waals surface area (Å²) in [5.74, 6) is 1.18. The first-order valence-corrected chi connectivity index (χ1v) is 6.25. The fraction of sp³-hybridized carbons (Fsp3) is 1.00. The van der Waals surface area contributed by atoms with Gasteiger partial charge in [-0.05, 0) is 18.4 Å². The molecule has 0 aromatic heterocycles. The van der Waals surface area contributed by atoms with Gasteiger partial charge in [0.2, 0.25) is 10.0 Å². The van der Waals surface area contributed by atoms with Crippen LogP contribution in [-0.4, -0.2) is 27.3 Å². The molecule has 0 spiro atoms. The van der Waals surface area contributed by atoms with Crippen LogP contribution in [-0.2, 0) is 10.0 Å². The molecule has 0 heterocycles. The van der Waals surface area contributed by atoms with Gasteiger partial charge in [-0.1, -0.05) is 20.8 Å². The van der Waals surface area contributed by atoms with E-state index in [1.807, 2.05) is 0 Å². The summed E-state index contributed by atoms with van der Waals surface area (Å²) in [6.07, 6.45) is 0. The Morgan fingerprint density at radius 3 is 2.23 bits per heavy atom. The molecule has 0 aliphatic heterocycles. The standard InChI is InChI=1S/C8H20N2O2S/c1-7(2)8(3)6-10-4-5-13(9,11)12/h7-8,10H,4-6H2,1-3H3,(H2,9,11,12). The first-order valence-electron chi connectivity index (χ1n) is 4.54. The van der Waals surface area contributed by atoms with Crippen molar-refractivity contribution in [3.8, 4) is 0 Å². The average Bonchev–Trinajstić information content (AvgIpc) is 1.95. The third-order valence-corrected chi connectivity index (χ3v) is 2.94. The van der Waals surface area contributed by atoms with Crippen molar-refractivity contribution in [3.63, 3.8) is 0 Å². The lowest BCUT2D eigenvalue weighted by atomic mass is 9.98. The Kier molecular flexibility index (Phi) is 5.51. The molecule has 3 N–H and O–H groups in total. The minimum Gasteiger partial charge on any atom is -0.315 e. The lowest BCUT2D eigenvalue weighted by Gasteiger charge is -2.15. The van der Waals surface area contributed by atoms with E-state index in [9.17, 15) is 8.42 Å². The molecule has 0 bridgehead atoms. The Labute approximate surface area is 80.9 Å². The summed E-state index contributed by atoms with van der Waals surface area (Å²) < 4.78 is 21.1. The van der Waals surface area contributed by atoms with Crippen molar-refractivity contribution in [1.82, 2.24) is 5.32 Å². The van der Waals surface area contributed by atoms with E-state index in [0.717, 1.165) is 6.54 Å². The van der Waals surface area contributed by atoms with E-state index in [1.165, 1.54) is 0 Å². The minimum atomic E-state index is -3.30. The van der Waals surface area contributed by atoms with Crippen molar-refractivity contribution in [2.75, 3.05) is 18.8 Å². The predicted octanol–water partition coefficient (Wildman–Crippen LogP) is 0.157. The Hall–Kier alpha value is -0.130. The third kappa shape index (κ3) is 8.21. The predicted molar refractivity (Wildman–Crippen MR) is 54.8 cm³/mol. The average molecular weight is 208 g/mol. The number of rotatable bonds is 6. The summed E-state index contributed by atoms with van der Waals surface area (Å²) in [5, 5.41) is 7.91. The molecule has 0 fully saturated rings. The Balaban J connectivity index is 3.47. The molecule has 1 atom stereocenters. The number of nitrogens with one attached hydrogen (secondary N) is 1. The van der Waals surface area contributed by atoms with Crippen LogP contribution < -0.4 is 10.5 Å². The summed E-state index contributed by atoms with van der Waals surface area (Å²) in [6.45, 7) is 7.70. The molecule has 0 rings (SSSR count). The fourth-order valence-corrected chi connectivity index (χ4v) is 1.21. The number of primary sulfonamides is 1. The largest absolute Gasteiger partial charge is 0.315 e. The second kappa shape index (κ2) is 5.57. The van der Waals surface area contributed by atoms with Crippen LogP contribution in [0.2, 0.25) is 0 Å². The van der Waals surface area contributed by atoms with Gasteiger partial charge in [0, 0.05) is 6.54 Å². The Bertz CT molecular complexity index is 224. The number of hydrogen-bond acceptors (Lipinski definition) is 3. The van der Waals surface area contributed by atoms with Gasteiger partial charge in [0.25, 0.3) is 0 Å². The molecule has 0 saturated carbocycles. The summed E-state index contributed by atoms with van der Waals surface area (Å²) in [4.78, 5) is 0. The third-order valence-electron chi connectivity index (χ3n) is 2.17. The van der Waals surface area contributed by atoms with Gasteiger partial charge in [0.1, 0.15) is 0 Å². The first-order chi connectivity index (χ1) is 5.83. The number of sulfonamides is 1. The van der Waals surface area contributed by atoms with Crippen molar-refractivity contribution >= 4 is 10.0 Å². The smallest absolute Gasteiger partial charge is 0.210 e. The van der Waals surface area contributed by atoms with E-state index >= 15 is 0 Å². The monoisotopic (exact) mass is 208 g/mol.